The average molecular weight is 265 g/mol. The molecule has 1 saturated carbocycles. The lowest BCUT2D eigenvalue weighted by Gasteiger charge is -2.29. The van der Waals surface area contributed by atoms with Crippen LogP contribution < -0.4 is 5.32 Å². The van der Waals surface area contributed by atoms with E-state index in [9.17, 15) is 4.79 Å². The molecule has 2 rings (SSSR count). The average Bonchev–Trinajstić information content (AvgIpc) is 2.85. The van der Waals surface area contributed by atoms with E-state index in [0.29, 0.717) is 18.4 Å². The molecule has 1 aliphatic carbocycles. The van der Waals surface area contributed by atoms with Crippen molar-refractivity contribution in [1.82, 2.24) is 5.32 Å². The highest BCUT2D eigenvalue weighted by Crippen LogP contribution is 2.23. The Morgan fingerprint density at radius 1 is 1.44 bits per heavy atom. The number of hydrogen-bond acceptors (Lipinski definition) is 2. The van der Waals surface area contributed by atoms with Crippen molar-refractivity contribution in [2.24, 2.45) is 5.92 Å². The zero-order valence-corrected chi connectivity index (χ0v) is 12.0. The number of carbonyl (C=O) groups is 1. The molecule has 1 fully saturated rings. The zero-order chi connectivity index (χ0) is 12.8. The predicted octanol–water partition coefficient (Wildman–Crippen LogP) is 3.77. The summed E-state index contributed by atoms with van der Waals surface area (Å²) in [6.07, 6.45) is 7.69. The maximum atomic E-state index is 11.9. The van der Waals surface area contributed by atoms with E-state index < -0.39 is 0 Å². The van der Waals surface area contributed by atoms with Crippen LogP contribution in [-0.4, -0.2) is 11.9 Å². The third-order valence-electron chi connectivity index (χ3n) is 3.86. The van der Waals surface area contributed by atoms with Crippen molar-refractivity contribution < 1.29 is 4.79 Å². The van der Waals surface area contributed by atoms with Gasteiger partial charge < -0.3 is 5.32 Å². The van der Waals surface area contributed by atoms with Crippen LogP contribution in [0.2, 0.25) is 0 Å². The monoisotopic (exact) mass is 265 g/mol. The molecule has 0 aliphatic heterocycles. The third kappa shape index (κ3) is 4.13. The Labute approximate surface area is 114 Å². The molecule has 3 heteroatoms. The number of amides is 1. The molecule has 2 nitrogen and oxygen atoms in total. The Hall–Kier alpha value is -0.830. The minimum atomic E-state index is 0.241. The Balaban J connectivity index is 1.65. The van der Waals surface area contributed by atoms with E-state index in [1.54, 1.807) is 11.3 Å². The Morgan fingerprint density at radius 3 is 3.00 bits per heavy atom. The van der Waals surface area contributed by atoms with E-state index in [-0.39, 0.29) is 5.91 Å². The van der Waals surface area contributed by atoms with Crippen LogP contribution in [0.25, 0.3) is 0 Å². The van der Waals surface area contributed by atoms with Crippen LogP contribution in [0.4, 0.5) is 0 Å². The number of rotatable bonds is 5. The molecule has 0 radical (unpaired) electrons. The second kappa shape index (κ2) is 6.93. The fourth-order valence-electron chi connectivity index (χ4n) is 2.69. The molecular formula is C15H23NOS. The topological polar surface area (TPSA) is 29.1 Å². The zero-order valence-electron chi connectivity index (χ0n) is 11.2. The van der Waals surface area contributed by atoms with Gasteiger partial charge in [0.25, 0.3) is 0 Å². The number of thiophene rings is 1. The summed E-state index contributed by atoms with van der Waals surface area (Å²) in [6, 6.07) is 4.64. The van der Waals surface area contributed by atoms with Gasteiger partial charge in [-0.3, -0.25) is 4.79 Å². The molecular weight excluding hydrogens is 242 g/mol. The van der Waals surface area contributed by atoms with E-state index >= 15 is 0 Å². The molecule has 0 saturated heterocycles. The van der Waals surface area contributed by atoms with Crippen molar-refractivity contribution in [2.75, 3.05) is 0 Å². The van der Waals surface area contributed by atoms with E-state index in [4.69, 9.17) is 0 Å². The highest BCUT2D eigenvalue weighted by molar-refractivity contribution is 7.09. The summed E-state index contributed by atoms with van der Waals surface area (Å²) in [6.45, 7) is 2.26. The first-order chi connectivity index (χ1) is 8.75. The highest BCUT2D eigenvalue weighted by Gasteiger charge is 2.22. The summed E-state index contributed by atoms with van der Waals surface area (Å²) >= 11 is 1.78. The molecule has 1 heterocycles. The van der Waals surface area contributed by atoms with Gasteiger partial charge >= 0.3 is 0 Å². The minimum absolute atomic E-state index is 0.241. The van der Waals surface area contributed by atoms with E-state index in [1.807, 2.05) is 0 Å². The Bertz CT molecular complexity index is 361. The molecule has 1 aromatic rings. The van der Waals surface area contributed by atoms with Crippen LogP contribution in [0, 0.1) is 5.92 Å². The first-order valence-corrected chi connectivity index (χ1v) is 7.95. The predicted molar refractivity (Wildman–Crippen MR) is 76.8 cm³/mol. The molecule has 1 N–H and O–H groups in total. The summed E-state index contributed by atoms with van der Waals surface area (Å²) in [5.74, 6) is 0.894. The second-order valence-electron chi connectivity index (χ2n) is 5.37. The van der Waals surface area contributed by atoms with Gasteiger partial charge in [-0.1, -0.05) is 25.8 Å². The van der Waals surface area contributed by atoms with Gasteiger partial charge in [-0.25, -0.2) is 0 Å². The summed E-state index contributed by atoms with van der Waals surface area (Å²) < 4.78 is 0. The summed E-state index contributed by atoms with van der Waals surface area (Å²) in [5, 5.41) is 5.31. The van der Waals surface area contributed by atoms with Crippen molar-refractivity contribution in [3.05, 3.63) is 22.4 Å². The van der Waals surface area contributed by atoms with Crippen LogP contribution >= 0.6 is 11.3 Å². The normalized spacial score (nSPS) is 23.8. The highest BCUT2D eigenvalue weighted by atomic mass is 32.1. The number of hydrogen-bond donors (Lipinski definition) is 1. The van der Waals surface area contributed by atoms with Crippen LogP contribution in [0.3, 0.4) is 0 Å². The van der Waals surface area contributed by atoms with Crippen molar-refractivity contribution in [2.45, 2.75) is 57.9 Å². The van der Waals surface area contributed by atoms with Gasteiger partial charge in [-0.15, -0.1) is 11.3 Å². The van der Waals surface area contributed by atoms with Crippen LogP contribution in [0.15, 0.2) is 17.5 Å². The molecule has 0 aromatic carbocycles. The molecule has 100 valence electrons. The first-order valence-electron chi connectivity index (χ1n) is 7.07. The molecule has 0 bridgehead atoms. The summed E-state index contributed by atoms with van der Waals surface area (Å²) in [5.41, 5.74) is 0. The van der Waals surface area contributed by atoms with Gasteiger partial charge in [0, 0.05) is 17.3 Å². The van der Waals surface area contributed by atoms with Crippen molar-refractivity contribution in [3.63, 3.8) is 0 Å². The lowest BCUT2D eigenvalue weighted by Crippen LogP contribution is -2.40. The van der Waals surface area contributed by atoms with Crippen molar-refractivity contribution in [1.29, 1.82) is 0 Å². The summed E-state index contributed by atoms with van der Waals surface area (Å²) in [7, 11) is 0. The SMILES string of the molecule is C[C@@H]1CCCC[C@H]1NC(=O)CCCc1cccs1. The fourth-order valence-corrected chi connectivity index (χ4v) is 3.44. The van der Waals surface area contributed by atoms with Gasteiger partial charge in [-0.2, -0.15) is 0 Å². The molecule has 1 aromatic heterocycles. The molecule has 1 amide bonds. The molecule has 2 atom stereocenters. The molecule has 18 heavy (non-hydrogen) atoms. The van der Waals surface area contributed by atoms with Gasteiger partial charge in [0.1, 0.15) is 0 Å². The molecule has 0 spiro atoms. The Kier molecular flexibility index (Phi) is 5.24. The Morgan fingerprint density at radius 2 is 2.28 bits per heavy atom. The van der Waals surface area contributed by atoms with E-state index in [0.717, 1.165) is 19.3 Å². The largest absolute Gasteiger partial charge is 0.353 e. The van der Waals surface area contributed by atoms with Crippen LogP contribution in [0.1, 0.15) is 50.3 Å². The quantitative estimate of drug-likeness (QED) is 0.863. The maximum absolute atomic E-state index is 11.9. The lowest BCUT2D eigenvalue weighted by atomic mass is 9.86. The van der Waals surface area contributed by atoms with Crippen molar-refractivity contribution >= 4 is 17.2 Å². The molecule has 0 unspecified atom stereocenters. The summed E-state index contributed by atoms with van der Waals surface area (Å²) in [4.78, 5) is 13.3. The van der Waals surface area contributed by atoms with E-state index in [1.165, 1.54) is 24.1 Å². The maximum Gasteiger partial charge on any atom is 0.220 e. The first kappa shape index (κ1) is 13.6. The standard InChI is InChI=1S/C15H23NOS/c1-12-6-2-3-9-14(12)16-15(17)10-4-7-13-8-5-11-18-13/h5,8,11-12,14H,2-4,6-7,9-10H2,1H3,(H,16,17)/t12-,14-/m1/s1. The second-order valence-corrected chi connectivity index (χ2v) is 6.40. The van der Waals surface area contributed by atoms with Gasteiger partial charge in [-0.05, 0) is 43.0 Å². The molecule has 1 aliphatic rings. The van der Waals surface area contributed by atoms with Crippen LogP contribution in [0.5, 0.6) is 0 Å². The van der Waals surface area contributed by atoms with Crippen molar-refractivity contribution in [3.8, 4) is 0 Å². The van der Waals surface area contributed by atoms with Gasteiger partial charge in [0.05, 0.1) is 0 Å². The lowest BCUT2D eigenvalue weighted by molar-refractivity contribution is -0.122. The van der Waals surface area contributed by atoms with Crippen LogP contribution in [-0.2, 0) is 11.2 Å². The minimum Gasteiger partial charge on any atom is -0.353 e. The fraction of sp³-hybridized carbons (Fsp3) is 0.667. The van der Waals surface area contributed by atoms with Gasteiger partial charge in [0.15, 0.2) is 0 Å². The van der Waals surface area contributed by atoms with Gasteiger partial charge in [0.2, 0.25) is 5.91 Å². The number of nitrogens with one attached hydrogen (secondary N) is 1. The van der Waals surface area contributed by atoms with E-state index in [2.05, 4.69) is 29.8 Å². The number of carbonyl (C=O) groups excluding carboxylic acids is 1. The third-order valence-corrected chi connectivity index (χ3v) is 4.80. The number of aryl methyl sites for hydroxylation is 1. The smallest absolute Gasteiger partial charge is 0.220 e.